The molecule has 1 fully saturated rings. The average molecular weight is 679 g/mol. The normalized spacial score (nSPS) is 20.5. The lowest BCUT2D eigenvalue weighted by Crippen LogP contribution is -2.42. The molecule has 0 N–H and O–H groups in total. The van der Waals surface area contributed by atoms with Crippen LogP contribution in [0.1, 0.15) is 65.9 Å². The van der Waals surface area contributed by atoms with Crippen LogP contribution in [0, 0.1) is 16.7 Å². The molecule has 3 unspecified atom stereocenters. The molecule has 0 bridgehead atoms. The molecule has 1 aromatic carbocycles. The van der Waals surface area contributed by atoms with Crippen LogP contribution in [-0.2, 0) is 42.3 Å². The van der Waals surface area contributed by atoms with E-state index in [4.69, 9.17) is 47.2 Å². The highest BCUT2D eigenvalue weighted by atomic mass is 31.2. The van der Waals surface area contributed by atoms with Crippen LogP contribution in [0.3, 0.4) is 0 Å². The third-order valence-electron chi connectivity index (χ3n) is 6.85. The van der Waals surface area contributed by atoms with E-state index in [9.17, 15) is 24.5 Å². The Morgan fingerprint density at radius 2 is 1.77 bits per heavy atom. The summed E-state index contributed by atoms with van der Waals surface area (Å²) in [6.45, 7) is 17.1. The summed E-state index contributed by atoms with van der Waals surface area (Å²) in [5.74, 6) is -1.30. The molecule has 47 heavy (non-hydrogen) atoms. The number of nitro benzene ring substituents is 1. The number of esters is 1. The van der Waals surface area contributed by atoms with Gasteiger partial charge in [-0.3, -0.25) is 14.9 Å². The van der Waals surface area contributed by atoms with Crippen molar-refractivity contribution >= 4 is 40.0 Å². The zero-order chi connectivity index (χ0) is 35.1. The quantitative estimate of drug-likeness (QED) is 0.0273. The fourth-order valence-corrected chi connectivity index (χ4v) is 6.43. The van der Waals surface area contributed by atoms with Crippen molar-refractivity contribution in [3.63, 3.8) is 0 Å². The van der Waals surface area contributed by atoms with Crippen LogP contribution in [-0.4, -0.2) is 105 Å². The van der Waals surface area contributed by atoms with Crippen molar-refractivity contribution < 1.29 is 52.0 Å². The summed E-state index contributed by atoms with van der Waals surface area (Å²) in [5, 5.41) is 11.4. The van der Waals surface area contributed by atoms with E-state index in [1.165, 1.54) is 13.0 Å². The van der Waals surface area contributed by atoms with Gasteiger partial charge in [0.2, 0.25) is 6.54 Å². The van der Waals surface area contributed by atoms with Gasteiger partial charge in [-0.1, -0.05) is 25.1 Å². The molecule has 258 valence electrons. The van der Waals surface area contributed by atoms with E-state index in [0.717, 1.165) is 0 Å². The van der Waals surface area contributed by atoms with Crippen molar-refractivity contribution in [3.05, 3.63) is 51.4 Å². The second kappa shape index (κ2) is 20.2. The van der Waals surface area contributed by atoms with Gasteiger partial charge in [0, 0.05) is 42.1 Å². The van der Waals surface area contributed by atoms with E-state index >= 15 is 0 Å². The highest BCUT2D eigenvalue weighted by molar-refractivity contribution is 7.44. The first-order chi connectivity index (χ1) is 22.3. The van der Waals surface area contributed by atoms with E-state index in [2.05, 4.69) is 4.85 Å². The van der Waals surface area contributed by atoms with E-state index in [0.29, 0.717) is 5.56 Å². The van der Waals surface area contributed by atoms with Gasteiger partial charge in [-0.15, -0.1) is 0 Å². The molecule has 1 aliphatic rings. The molecular weight excluding hydrogens is 636 g/mol. The van der Waals surface area contributed by atoms with Crippen LogP contribution < -0.4 is 0 Å². The van der Waals surface area contributed by atoms with E-state index in [-0.39, 0.29) is 62.8 Å². The standard InChI is InChI=1S/C30H43BN3O12P/c1-19(2)33(20(3)4)47(44-15-14-32-7)46-27-25(45-29(31)28(27)43-18-42-26(36)13-12-22(6)35)17-41-30(37)40-16-21(5)23-10-8-9-11-24(23)34(38)39/h8-11,19-21,25,27-29H,12-18H2,1-6H3/t21?,25-,27?,28+,29-,47?/m1/s1. The van der Waals surface area contributed by atoms with Gasteiger partial charge in [-0.25, -0.2) is 16.0 Å². The SMILES string of the molecule is [B][C@@H]1O[C@H](COC(=O)OCC(C)c2ccccc2[N+](=O)[O-])C(OP(OCC[N+]#[C-])N(C(C)C)C(C)C)[C@@H]1OCOC(=O)CCC(C)=O. The van der Waals surface area contributed by atoms with Crippen molar-refractivity contribution in [3.8, 4) is 0 Å². The molecule has 1 aromatic rings. The number of para-hydroxylation sites is 1. The topological polar surface area (TPSA) is 167 Å². The minimum atomic E-state index is -1.81. The molecule has 15 nitrogen and oxygen atoms in total. The molecule has 0 spiro atoms. The number of carbonyl (C=O) groups is 3. The maximum atomic E-state index is 12.6. The number of Topliss-reactive ketones (excluding diaryl/α,β-unsaturated/α-hetero) is 1. The first-order valence-corrected chi connectivity index (χ1v) is 16.3. The third-order valence-corrected chi connectivity index (χ3v) is 8.98. The lowest BCUT2D eigenvalue weighted by atomic mass is 9.93. The Bertz CT molecular complexity index is 1220. The average Bonchev–Trinajstić information content (AvgIpc) is 3.30. The summed E-state index contributed by atoms with van der Waals surface area (Å²) in [7, 11) is 4.44. The Morgan fingerprint density at radius 3 is 2.38 bits per heavy atom. The van der Waals surface area contributed by atoms with E-state index < -0.39 is 62.6 Å². The van der Waals surface area contributed by atoms with Gasteiger partial charge in [0.25, 0.3) is 14.2 Å². The smallest absolute Gasteiger partial charge is 0.438 e. The zero-order valence-corrected chi connectivity index (χ0v) is 28.5. The van der Waals surface area contributed by atoms with Gasteiger partial charge in [0.15, 0.2) is 6.79 Å². The Morgan fingerprint density at radius 1 is 1.09 bits per heavy atom. The summed E-state index contributed by atoms with van der Waals surface area (Å²) in [5.41, 5.74) is 0.310. The summed E-state index contributed by atoms with van der Waals surface area (Å²) in [6.07, 6.45) is -4.10. The Kier molecular flexibility index (Phi) is 17.2. The summed E-state index contributed by atoms with van der Waals surface area (Å²) in [6, 6.07) is 5.01. The third kappa shape index (κ3) is 13.1. The highest BCUT2D eigenvalue weighted by Gasteiger charge is 2.47. The lowest BCUT2D eigenvalue weighted by Gasteiger charge is -2.38. The van der Waals surface area contributed by atoms with Gasteiger partial charge in [0.1, 0.15) is 51.8 Å². The van der Waals surface area contributed by atoms with Crippen LogP contribution in [0.5, 0.6) is 0 Å². The molecular formula is C30H43BN3O12P. The van der Waals surface area contributed by atoms with Crippen molar-refractivity contribution in [2.24, 2.45) is 0 Å². The van der Waals surface area contributed by atoms with Crippen molar-refractivity contribution in [2.45, 2.75) is 96.7 Å². The number of nitrogens with zero attached hydrogens (tertiary/aromatic N) is 3. The summed E-state index contributed by atoms with van der Waals surface area (Å²) in [4.78, 5) is 50.1. The van der Waals surface area contributed by atoms with E-state index in [1.807, 2.05) is 32.4 Å². The molecule has 0 aliphatic carbocycles. The molecule has 1 heterocycles. The Hall–Kier alpha value is -3.19. The molecule has 17 heteroatoms. The second-order valence-electron chi connectivity index (χ2n) is 11.3. The van der Waals surface area contributed by atoms with Crippen LogP contribution in [0.25, 0.3) is 4.85 Å². The predicted octanol–water partition coefficient (Wildman–Crippen LogP) is 4.67. The van der Waals surface area contributed by atoms with Crippen molar-refractivity contribution in [1.29, 1.82) is 0 Å². The number of nitro groups is 1. The first-order valence-electron chi connectivity index (χ1n) is 15.2. The Balaban J connectivity index is 2.17. The monoisotopic (exact) mass is 679 g/mol. The van der Waals surface area contributed by atoms with Gasteiger partial charge in [-0.2, -0.15) is 0 Å². The number of rotatable bonds is 20. The number of carbonyl (C=O) groups excluding carboxylic acids is 3. The molecule has 2 rings (SSSR count). The van der Waals surface area contributed by atoms with Crippen LogP contribution in [0.4, 0.5) is 10.5 Å². The number of hydrogen-bond donors (Lipinski definition) is 0. The van der Waals surface area contributed by atoms with Crippen molar-refractivity contribution in [1.82, 2.24) is 4.67 Å². The largest absolute Gasteiger partial charge is 0.508 e. The fraction of sp³-hybridized carbons (Fsp3) is 0.667. The zero-order valence-electron chi connectivity index (χ0n) is 27.6. The number of ether oxygens (including phenoxy) is 5. The highest BCUT2D eigenvalue weighted by Crippen LogP contribution is 2.49. The molecule has 1 saturated heterocycles. The predicted molar refractivity (Wildman–Crippen MR) is 170 cm³/mol. The minimum absolute atomic E-state index is 0.0274. The molecule has 1 aliphatic heterocycles. The molecule has 0 aromatic heterocycles. The Labute approximate surface area is 277 Å². The van der Waals surface area contributed by atoms with Crippen LogP contribution in [0.15, 0.2) is 24.3 Å². The minimum Gasteiger partial charge on any atom is -0.438 e. The number of benzene rings is 1. The second-order valence-corrected chi connectivity index (χ2v) is 12.7. The van der Waals surface area contributed by atoms with Gasteiger partial charge in [0.05, 0.1) is 11.3 Å². The summed E-state index contributed by atoms with van der Waals surface area (Å²) < 4.78 is 41.8. The first kappa shape index (κ1) is 40.0. The number of ketones is 1. The van der Waals surface area contributed by atoms with Gasteiger partial charge >= 0.3 is 12.1 Å². The lowest BCUT2D eigenvalue weighted by molar-refractivity contribution is -0.385. The van der Waals surface area contributed by atoms with Gasteiger partial charge in [-0.05, 0) is 34.6 Å². The summed E-state index contributed by atoms with van der Waals surface area (Å²) >= 11 is 0. The van der Waals surface area contributed by atoms with Crippen LogP contribution >= 0.6 is 8.53 Å². The van der Waals surface area contributed by atoms with Crippen LogP contribution in [0.2, 0.25) is 0 Å². The molecule has 6 atom stereocenters. The molecule has 2 radical (unpaired) electrons. The maximum Gasteiger partial charge on any atom is 0.508 e. The number of hydrogen-bond acceptors (Lipinski definition) is 13. The molecule has 0 amide bonds. The molecule has 0 saturated carbocycles. The fourth-order valence-electron chi connectivity index (χ4n) is 4.67. The van der Waals surface area contributed by atoms with Crippen molar-refractivity contribution in [2.75, 3.05) is 33.2 Å². The maximum absolute atomic E-state index is 12.6. The van der Waals surface area contributed by atoms with Gasteiger partial charge < -0.3 is 42.4 Å². The van der Waals surface area contributed by atoms with E-state index in [1.54, 1.807) is 25.1 Å².